The minimum atomic E-state index is 0. The van der Waals surface area contributed by atoms with E-state index in [9.17, 15) is 4.79 Å². The lowest BCUT2D eigenvalue weighted by Crippen LogP contribution is -2.29. The highest BCUT2D eigenvalue weighted by atomic mass is 16.1. The maximum atomic E-state index is 11.6. The third kappa shape index (κ3) is 3.39. The maximum Gasteiger partial charge on any atom is 0.251 e. The van der Waals surface area contributed by atoms with Crippen LogP contribution in [0.1, 0.15) is 51.0 Å². The largest absolute Gasteiger partial charge is 0.350 e. The Morgan fingerprint density at radius 1 is 1.13 bits per heavy atom. The predicted octanol–water partition coefficient (Wildman–Crippen LogP) is 3.19. The summed E-state index contributed by atoms with van der Waals surface area (Å²) in [6.45, 7) is 8.20. The van der Waals surface area contributed by atoms with Crippen LogP contribution < -0.4 is 5.32 Å². The molecule has 0 saturated heterocycles. The van der Waals surface area contributed by atoms with Gasteiger partial charge in [-0.3, -0.25) is 4.79 Å². The van der Waals surface area contributed by atoms with Crippen LogP contribution in [0.3, 0.4) is 0 Å². The lowest BCUT2D eigenvalue weighted by atomic mass is 10.0. The summed E-state index contributed by atoms with van der Waals surface area (Å²) in [7, 11) is 0. The number of carbonyl (C=O) groups is 1. The van der Waals surface area contributed by atoms with Gasteiger partial charge in [-0.05, 0) is 37.5 Å². The Labute approximate surface area is 93.2 Å². The normalized spacial score (nSPS) is 10.8. The van der Waals surface area contributed by atoms with Gasteiger partial charge < -0.3 is 5.32 Å². The fourth-order valence-corrected chi connectivity index (χ4v) is 1.36. The molecule has 2 heteroatoms. The maximum absolute atomic E-state index is 11.6. The van der Waals surface area contributed by atoms with E-state index in [1.54, 1.807) is 0 Å². The highest BCUT2D eigenvalue weighted by Gasteiger charge is 2.06. The lowest BCUT2D eigenvalue weighted by Gasteiger charge is -2.09. The summed E-state index contributed by atoms with van der Waals surface area (Å²) in [5.41, 5.74) is 1.99. The summed E-state index contributed by atoms with van der Waals surface area (Å²) >= 11 is 0. The van der Waals surface area contributed by atoms with E-state index in [0.717, 1.165) is 5.56 Å². The van der Waals surface area contributed by atoms with Crippen molar-refractivity contribution in [2.75, 3.05) is 0 Å². The van der Waals surface area contributed by atoms with Gasteiger partial charge in [0.25, 0.3) is 5.91 Å². The predicted molar refractivity (Wildman–Crippen MR) is 65.2 cm³/mol. The van der Waals surface area contributed by atoms with Gasteiger partial charge in [0.05, 0.1) is 0 Å². The first kappa shape index (κ1) is 11.8. The van der Waals surface area contributed by atoms with Gasteiger partial charge in [0.2, 0.25) is 0 Å². The van der Waals surface area contributed by atoms with E-state index in [1.807, 2.05) is 38.1 Å². The Hall–Kier alpha value is -1.31. The highest BCUT2D eigenvalue weighted by Crippen LogP contribution is 2.14. The van der Waals surface area contributed by atoms with Gasteiger partial charge in [-0.1, -0.05) is 26.0 Å². The average Bonchev–Trinajstić information content (AvgIpc) is 2.17. The second-order valence-corrected chi connectivity index (χ2v) is 4.40. The van der Waals surface area contributed by atoms with Crippen LogP contribution in [-0.2, 0) is 0 Å². The molecular weight excluding hydrogens is 186 g/mol. The second-order valence-electron chi connectivity index (χ2n) is 4.40. The first-order valence-corrected chi connectivity index (χ1v) is 5.41. The van der Waals surface area contributed by atoms with Crippen LogP contribution in [0.5, 0.6) is 0 Å². The van der Waals surface area contributed by atoms with Gasteiger partial charge in [0.1, 0.15) is 0 Å². The van der Waals surface area contributed by atoms with Gasteiger partial charge >= 0.3 is 0 Å². The van der Waals surface area contributed by atoms with E-state index in [-0.39, 0.29) is 13.4 Å². The number of rotatable bonds is 3. The van der Waals surface area contributed by atoms with Crippen molar-refractivity contribution in [2.24, 2.45) is 0 Å². The first-order chi connectivity index (χ1) is 7.00. The van der Waals surface area contributed by atoms with E-state index >= 15 is 0 Å². The summed E-state index contributed by atoms with van der Waals surface area (Å²) in [4.78, 5) is 11.6. The van der Waals surface area contributed by atoms with Crippen molar-refractivity contribution < 1.29 is 6.22 Å². The third-order valence-corrected chi connectivity index (χ3v) is 2.26. The van der Waals surface area contributed by atoms with Crippen LogP contribution in [0.4, 0.5) is 0 Å². The molecule has 0 aliphatic carbocycles. The van der Waals surface area contributed by atoms with Crippen LogP contribution in [0, 0.1) is 0 Å². The molecule has 1 N–H and O–H groups in total. The standard InChI is InChI=1S/C13H19NO.H2/c1-9(2)11-5-7-12(8-6-11)13(15)14-10(3)4;/h5-10H,1-4H3,(H,14,15);1H. The molecule has 84 valence electrons. The molecule has 1 aromatic rings. The number of amides is 1. The molecule has 0 bridgehead atoms. The van der Waals surface area contributed by atoms with E-state index < -0.39 is 0 Å². The smallest absolute Gasteiger partial charge is 0.251 e. The number of hydrogen-bond acceptors (Lipinski definition) is 1. The zero-order valence-corrected chi connectivity index (χ0v) is 9.87. The number of benzene rings is 1. The fourth-order valence-electron chi connectivity index (χ4n) is 1.36. The number of nitrogens with one attached hydrogen (secondary N) is 1. The van der Waals surface area contributed by atoms with Crippen LogP contribution >= 0.6 is 0 Å². The number of hydrogen-bond donors (Lipinski definition) is 1. The van der Waals surface area contributed by atoms with Crippen molar-refractivity contribution in [3.05, 3.63) is 35.4 Å². The quantitative estimate of drug-likeness (QED) is 0.810. The summed E-state index contributed by atoms with van der Waals surface area (Å²) in [6.07, 6.45) is 0. The summed E-state index contributed by atoms with van der Waals surface area (Å²) in [5.74, 6) is 0.507. The van der Waals surface area contributed by atoms with Gasteiger partial charge in [0.15, 0.2) is 0 Å². The fraction of sp³-hybridized carbons (Fsp3) is 0.462. The number of carbonyl (C=O) groups excluding carboxylic acids is 1. The molecule has 0 spiro atoms. The van der Waals surface area contributed by atoms with E-state index in [4.69, 9.17) is 0 Å². The van der Waals surface area contributed by atoms with Crippen molar-refractivity contribution >= 4 is 5.91 Å². The Balaban J connectivity index is 0.00000225. The van der Waals surface area contributed by atoms with Crippen LogP contribution in [0.2, 0.25) is 0 Å². The molecule has 0 unspecified atom stereocenters. The van der Waals surface area contributed by atoms with E-state index in [1.165, 1.54) is 5.56 Å². The molecule has 0 atom stereocenters. The van der Waals surface area contributed by atoms with Gasteiger partial charge in [-0.2, -0.15) is 0 Å². The van der Waals surface area contributed by atoms with E-state index in [2.05, 4.69) is 19.2 Å². The van der Waals surface area contributed by atoms with Crippen molar-refractivity contribution in [3.63, 3.8) is 0 Å². The van der Waals surface area contributed by atoms with Crippen molar-refractivity contribution in [1.29, 1.82) is 0 Å². The zero-order valence-electron chi connectivity index (χ0n) is 9.87. The Morgan fingerprint density at radius 2 is 1.67 bits per heavy atom. The average molecular weight is 207 g/mol. The minimum absolute atomic E-state index is 0. The molecule has 0 aromatic heterocycles. The topological polar surface area (TPSA) is 29.1 Å². The van der Waals surface area contributed by atoms with E-state index in [0.29, 0.717) is 5.92 Å². The molecule has 2 nitrogen and oxygen atoms in total. The van der Waals surface area contributed by atoms with Crippen molar-refractivity contribution in [1.82, 2.24) is 5.32 Å². The van der Waals surface area contributed by atoms with Gasteiger partial charge in [-0.25, -0.2) is 0 Å². The van der Waals surface area contributed by atoms with Crippen LogP contribution in [-0.4, -0.2) is 11.9 Å². The van der Waals surface area contributed by atoms with Crippen molar-refractivity contribution in [2.45, 2.75) is 39.7 Å². The molecule has 1 rings (SSSR count). The molecule has 0 heterocycles. The SMILES string of the molecule is CC(C)NC(=O)c1ccc(C(C)C)cc1.[HH]. The first-order valence-electron chi connectivity index (χ1n) is 5.41. The summed E-state index contributed by atoms with van der Waals surface area (Å²) in [6, 6.07) is 7.97. The molecule has 15 heavy (non-hydrogen) atoms. The van der Waals surface area contributed by atoms with Gasteiger partial charge in [0, 0.05) is 13.0 Å². The molecule has 0 aliphatic heterocycles. The molecule has 0 aliphatic rings. The Morgan fingerprint density at radius 3 is 2.07 bits per heavy atom. The third-order valence-electron chi connectivity index (χ3n) is 2.26. The highest BCUT2D eigenvalue weighted by molar-refractivity contribution is 5.94. The molecule has 1 amide bonds. The van der Waals surface area contributed by atoms with Gasteiger partial charge in [-0.15, -0.1) is 0 Å². The molecule has 0 fully saturated rings. The summed E-state index contributed by atoms with van der Waals surface area (Å²) in [5, 5.41) is 2.87. The monoisotopic (exact) mass is 207 g/mol. The van der Waals surface area contributed by atoms with Crippen molar-refractivity contribution in [3.8, 4) is 0 Å². The zero-order chi connectivity index (χ0) is 11.4. The molecular formula is C13H21NO. The van der Waals surface area contributed by atoms with Crippen LogP contribution in [0.15, 0.2) is 24.3 Å². The Kier molecular flexibility index (Phi) is 3.89. The molecule has 0 saturated carbocycles. The molecule has 0 radical (unpaired) electrons. The van der Waals surface area contributed by atoms with Crippen LogP contribution in [0.25, 0.3) is 0 Å². The second kappa shape index (κ2) is 4.96. The summed E-state index contributed by atoms with van der Waals surface area (Å²) < 4.78 is 0. The lowest BCUT2D eigenvalue weighted by molar-refractivity contribution is 0.0943. The molecule has 1 aromatic carbocycles. The Bertz CT molecular complexity index is 330. The minimum Gasteiger partial charge on any atom is -0.350 e.